The molecule has 0 aliphatic carbocycles. The van der Waals surface area contributed by atoms with E-state index in [2.05, 4.69) is 36.4 Å². The minimum atomic E-state index is -0.0622. The van der Waals surface area contributed by atoms with Crippen LogP contribution in [0, 0.1) is 6.92 Å². The van der Waals surface area contributed by atoms with Crippen molar-refractivity contribution in [1.29, 1.82) is 0 Å². The average molecular weight is 327 g/mol. The van der Waals surface area contributed by atoms with Crippen molar-refractivity contribution in [3.05, 3.63) is 47.3 Å². The van der Waals surface area contributed by atoms with Gasteiger partial charge in [-0.05, 0) is 43.9 Å². The number of ether oxygens (including phenoxy) is 1. The topological polar surface area (TPSA) is 56.1 Å². The van der Waals surface area contributed by atoms with Crippen LogP contribution in [0.25, 0.3) is 5.69 Å². The van der Waals surface area contributed by atoms with Crippen molar-refractivity contribution in [2.45, 2.75) is 45.6 Å². The van der Waals surface area contributed by atoms with Gasteiger partial charge in [-0.1, -0.05) is 25.5 Å². The molecule has 0 spiro atoms. The zero-order chi connectivity index (χ0) is 16.9. The molecule has 1 aromatic carbocycles. The Kier molecular flexibility index (Phi) is 5.30. The second kappa shape index (κ2) is 7.62. The van der Waals surface area contributed by atoms with Crippen LogP contribution in [-0.4, -0.2) is 34.9 Å². The molecule has 1 saturated heterocycles. The highest BCUT2D eigenvalue weighted by Crippen LogP contribution is 2.18. The average Bonchev–Trinajstić information content (AvgIpc) is 3.23. The number of carbonyl (C=O) groups excluding carboxylic acids is 1. The third-order valence-electron chi connectivity index (χ3n) is 4.36. The zero-order valence-corrected chi connectivity index (χ0v) is 14.4. The molecule has 1 amide bonds. The van der Waals surface area contributed by atoms with Crippen molar-refractivity contribution in [3.63, 3.8) is 0 Å². The van der Waals surface area contributed by atoms with Gasteiger partial charge in [-0.15, -0.1) is 0 Å². The van der Waals surface area contributed by atoms with E-state index >= 15 is 0 Å². The van der Waals surface area contributed by atoms with Gasteiger partial charge in [0.1, 0.15) is 0 Å². The van der Waals surface area contributed by atoms with Gasteiger partial charge in [-0.2, -0.15) is 5.10 Å². The molecule has 0 radical (unpaired) electrons. The molecule has 2 heterocycles. The molecule has 1 N–H and O–H groups in total. The number of carbonyl (C=O) groups is 1. The fourth-order valence-corrected chi connectivity index (χ4v) is 3.13. The summed E-state index contributed by atoms with van der Waals surface area (Å²) >= 11 is 0. The van der Waals surface area contributed by atoms with Crippen molar-refractivity contribution >= 4 is 5.91 Å². The molecule has 0 bridgehead atoms. The molecule has 5 heteroatoms. The van der Waals surface area contributed by atoms with Gasteiger partial charge in [-0.3, -0.25) is 4.79 Å². The van der Waals surface area contributed by atoms with Gasteiger partial charge in [0.25, 0.3) is 5.91 Å². The number of nitrogens with zero attached hydrogens (tertiary/aromatic N) is 2. The minimum absolute atomic E-state index is 0.0622. The lowest BCUT2D eigenvalue weighted by Crippen LogP contribution is -2.32. The lowest BCUT2D eigenvalue weighted by atomic mass is 10.1. The SMILES string of the molecule is CCCc1c(C(=O)NCC2CCCO2)cnn1-c1cccc(C)c1. The van der Waals surface area contributed by atoms with Gasteiger partial charge in [0.05, 0.1) is 29.2 Å². The molecule has 1 fully saturated rings. The van der Waals surface area contributed by atoms with Gasteiger partial charge < -0.3 is 10.1 Å². The summed E-state index contributed by atoms with van der Waals surface area (Å²) in [5, 5.41) is 7.47. The highest BCUT2D eigenvalue weighted by Gasteiger charge is 2.20. The van der Waals surface area contributed by atoms with Crippen LogP contribution in [0.1, 0.15) is 47.8 Å². The molecule has 1 aliphatic heterocycles. The summed E-state index contributed by atoms with van der Waals surface area (Å²) in [5.41, 5.74) is 3.80. The van der Waals surface area contributed by atoms with Crippen LogP contribution in [0.5, 0.6) is 0 Å². The predicted octanol–water partition coefficient (Wildman–Crippen LogP) is 3.04. The van der Waals surface area contributed by atoms with Gasteiger partial charge in [0.15, 0.2) is 0 Å². The smallest absolute Gasteiger partial charge is 0.254 e. The largest absolute Gasteiger partial charge is 0.376 e. The van der Waals surface area contributed by atoms with Crippen LogP contribution < -0.4 is 5.32 Å². The number of hydrogen-bond acceptors (Lipinski definition) is 3. The van der Waals surface area contributed by atoms with Crippen LogP contribution in [0.2, 0.25) is 0 Å². The summed E-state index contributed by atoms with van der Waals surface area (Å²) < 4.78 is 7.46. The Morgan fingerprint density at radius 2 is 2.33 bits per heavy atom. The fraction of sp³-hybridized carbons (Fsp3) is 0.474. The second-order valence-corrected chi connectivity index (χ2v) is 6.35. The van der Waals surface area contributed by atoms with Crippen molar-refractivity contribution in [3.8, 4) is 5.69 Å². The molecule has 24 heavy (non-hydrogen) atoms. The van der Waals surface area contributed by atoms with Crippen LogP contribution in [0.4, 0.5) is 0 Å². The quantitative estimate of drug-likeness (QED) is 0.887. The monoisotopic (exact) mass is 327 g/mol. The molecule has 1 aliphatic rings. The van der Waals surface area contributed by atoms with Gasteiger partial charge in [0, 0.05) is 13.2 Å². The number of rotatable bonds is 6. The molecule has 1 aromatic heterocycles. The number of nitrogens with one attached hydrogen (secondary N) is 1. The molecule has 1 atom stereocenters. The maximum absolute atomic E-state index is 12.6. The molecular formula is C19H25N3O2. The molecule has 2 aromatic rings. The Balaban J connectivity index is 1.81. The highest BCUT2D eigenvalue weighted by molar-refractivity contribution is 5.95. The van der Waals surface area contributed by atoms with Crippen LogP contribution in [-0.2, 0) is 11.2 Å². The Bertz CT molecular complexity index is 702. The summed E-state index contributed by atoms with van der Waals surface area (Å²) in [7, 11) is 0. The molecule has 3 rings (SSSR count). The number of benzene rings is 1. The summed E-state index contributed by atoms with van der Waals surface area (Å²) in [6.07, 6.45) is 5.70. The van der Waals surface area contributed by atoms with Crippen LogP contribution in [0.3, 0.4) is 0 Å². The molecular weight excluding hydrogens is 302 g/mol. The minimum Gasteiger partial charge on any atom is -0.376 e. The first kappa shape index (κ1) is 16.7. The van der Waals surface area contributed by atoms with Crippen molar-refractivity contribution in [2.24, 2.45) is 0 Å². The Morgan fingerprint density at radius 1 is 1.46 bits per heavy atom. The standard InChI is InChI=1S/C19H25N3O2/c1-3-6-18-17(19(23)20-12-16-9-5-10-24-16)13-21-22(18)15-8-4-7-14(2)11-15/h4,7-8,11,13,16H,3,5-6,9-10,12H2,1-2H3,(H,20,23). The maximum atomic E-state index is 12.6. The maximum Gasteiger partial charge on any atom is 0.254 e. The third-order valence-corrected chi connectivity index (χ3v) is 4.36. The van der Waals surface area contributed by atoms with E-state index in [4.69, 9.17) is 4.74 Å². The van der Waals surface area contributed by atoms with E-state index < -0.39 is 0 Å². The molecule has 128 valence electrons. The second-order valence-electron chi connectivity index (χ2n) is 6.35. The van der Waals surface area contributed by atoms with E-state index in [9.17, 15) is 4.79 Å². The van der Waals surface area contributed by atoms with Crippen molar-refractivity contribution < 1.29 is 9.53 Å². The first-order valence-corrected chi connectivity index (χ1v) is 8.72. The lowest BCUT2D eigenvalue weighted by molar-refractivity contribution is 0.0857. The number of amides is 1. The van der Waals surface area contributed by atoms with E-state index in [0.717, 1.165) is 43.7 Å². The third kappa shape index (κ3) is 3.67. The first-order chi connectivity index (χ1) is 11.7. The predicted molar refractivity (Wildman–Crippen MR) is 93.6 cm³/mol. The zero-order valence-electron chi connectivity index (χ0n) is 14.4. The number of aryl methyl sites for hydroxylation is 1. The number of hydrogen-bond donors (Lipinski definition) is 1. The van der Waals surface area contributed by atoms with Gasteiger partial charge >= 0.3 is 0 Å². The van der Waals surface area contributed by atoms with E-state index in [1.807, 2.05) is 16.8 Å². The van der Waals surface area contributed by atoms with Crippen molar-refractivity contribution in [2.75, 3.05) is 13.2 Å². The number of aromatic nitrogens is 2. The highest BCUT2D eigenvalue weighted by atomic mass is 16.5. The molecule has 0 saturated carbocycles. The summed E-state index contributed by atoms with van der Waals surface area (Å²) in [4.78, 5) is 12.6. The molecule has 1 unspecified atom stereocenters. The van der Waals surface area contributed by atoms with E-state index in [0.29, 0.717) is 12.1 Å². The van der Waals surface area contributed by atoms with Crippen molar-refractivity contribution in [1.82, 2.24) is 15.1 Å². The summed E-state index contributed by atoms with van der Waals surface area (Å²) in [6, 6.07) is 8.17. The Labute approximate surface area is 143 Å². The molecule has 5 nitrogen and oxygen atoms in total. The first-order valence-electron chi connectivity index (χ1n) is 8.72. The van der Waals surface area contributed by atoms with Crippen LogP contribution >= 0.6 is 0 Å². The Hall–Kier alpha value is -2.14. The summed E-state index contributed by atoms with van der Waals surface area (Å²) in [6.45, 7) is 5.54. The van der Waals surface area contributed by atoms with E-state index in [1.54, 1.807) is 6.20 Å². The normalized spacial score (nSPS) is 17.2. The Morgan fingerprint density at radius 3 is 3.04 bits per heavy atom. The van der Waals surface area contributed by atoms with E-state index in [-0.39, 0.29) is 12.0 Å². The summed E-state index contributed by atoms with van der Waals surface area (Å²) in [5.74, 6) is -0.0622. The lowest BCUT2D eigenvalue weighted by Gasteiger charge is -2.12. The van der Waals surface area contributed by atoms with Crippen LogP contribution in [0.15, 0.2) is 30.5 Å². The fourth-order valence-electron chi connectivity index (χ4n) is 3.13. The van der Waals surface area contributed by atoms with Gasteiger partial charge in [0.2, 0.25) is 0 Å². The van der Waals surface area contributed by atoms with Gasteiger partial charge in [-0.25, -0.2) is 4.68 Å². The van der Waals surface area contributed by atoms with E-state index in [1.165, 1.54) is 5.56 Å².